The lowest BCUT2D eigenvalue weighted by atomic mass is 10.1. The van der Waals surface area contributed by atoms with Crippen LogP contribution in [-0.4, -0.2) is 36.3 Å². The highest BCUT2D eigenvalue weighted by Gasteiger charge is 2.18. The SMILES string of the molecule is CCNC(=O)CN(CC)C(=O)c1cc(N)ccc1C. The van der Waals surface area contributed by atoms with Gasteiger partial charge < -0.3 is 16.0 Å². The normalized spacial score (nSPS) is 10.1. The van der Waals surface area contributed by atoms with Crippen molar-refractivity contribution in [2.45, 2.75) is 20.8 Å². The van der Waals surface area contributed by atoms with Crippen molar-refractivity contribution in [2.75, 3.05) is 25.4 Å². The van der Waals surface area contributed by atoms with Crippen LogP contribution in [0.1, 0.15) is 29.8 Å². The van der Waals surface area contributed by atoms with Crippen molar-refractivity contribution in [3.8, 4) is 0 Å². The van der Waals surface area contributed by atoms with E-state index < -0.39 is 0 Å². The molecule has 5 nitrogen and oxygen atoms in total. The first-order valence-electron chi connectivity index (χ1n) is 6.41. The molecule has 19 heavy (non-hydrogen) atoms. The Balaban J connectivity index is 2.89. The third kappa shape index (κ3) is 3.98. The molecule has 0 radical (unpaired) electrons. The van der Waals surface area contributed by atoms with E-state index in [1.54, 1.807) is 12.1 Å². The molecule has 104 valence electrons. The predicted octanol–water partition coefficient (Wildman–Crippen LogP) is 1.18. The molecule has 0 aliphatic rings. The zero-order valence-corrected chi connectivity index (χ0v) is 11.7. The van der Waals surface area contributed by atoms with Gasteiger partial charge in [-0.15, -0.1) is 0 Å². The lowest BCUT2D eigenvalue weighted by Crippen LogP contribution is -2.40. The minimum atomic E-state index is -0.168. The van der Waals surface area contributed by atoms with Gasteiger partial charge >= 0.3 is 0 Å². The molecule has 0 atom stereocenters. The van der Waals surface area contributed by atoms with E-state index in [-0.39, 0.29) is 18.4 Å². The molecule has 0 aromatic heterocycles. The third-order valence-corrected chi connectivity index (χ3v) is 2.87. The van der Waals surface area contributed by atoms with Crippen molar-refractivity contribution >= 4 is 17.5 Å². The van der Waals surface area contributed by atoms with Gasteiger partial charge in [0.1, 0.15) is 0 Å². The van der Waals surface area contributed by atoms with E-state index in [9.17, 15) is 9.59 Å². The quantitative estimate of drug-likeness (QED) is 0.783. The number of hydrogen-bond donors (Lipinski definition) is 2. The Bertz CT molecular complexity index is 472. The highest BCUT2D eigenvalue weighted by atomic mass is 16.2. The Labute approximate surface area is 113 Å². The van der Waals surface area contributed by atoms with Crippen LogP contribution in [0.3, 0.4) is 0 Å². The molecule has 0 aliphatic carbocycles. The number of rotatable bonds is 5. The van der Waals surface area contributed by atoms with E-state index >= 15 is 0 Å². The number of carbonyl (C=O) groups excluding carboxylic acids is 2. The van der Waals surface area contributed by atoms with Crippen LogP contribution in [0.5, 0.6) is 0 Å². The number of aryl methyl sites for hydroxylation is 1. The number of amides is 2. The van der Waals surface area contributed by atoms with Crippen LogP contribution in [0.4, 0.5) is 5.69 Å². The fourth-order valence-corrected chi connectivity index (χ4v) is 1.79. The fourth-order valence-electron chi connectivity index (χ4n) is 1.79. The van der Waals surface area contributed by atoms with Crippen molar-refractivity contribution in [1.29, 1.82) is 0 Å². The number of carbonyl (C=O) groups is 2. The number of anilines is 1. The van der Waals surface area contributed by atoms with Crippen molar-refractivity contribution in [2.24, 2.45) is 0 Å². The van der Waals surface area contributed by atoms with Gasteiger partial charge in [-0.3, -0.25) is 9.59 Å². The summed E-state index contributed by atoms with van der Waals surface area (Å²) in [6.45, 7) is 6.65. The first-order chi connectivity index (χ1) is 8.99. The summed E-state index contributed by atoms with van der Waals surface area (Å²) in [5.41, 5.74) is 7.65. The van der Waals surface area contributed by atoms with Gasteiger partial charge in [-0.2, -0.15) is 0 Å². The molecule has 0 saturated carbocycles. The minimum absolute atomic E-state index is 0.0669. The molecule has 0 unspecified atom stereocenters. The third-order valence-electron chi connectivity index (χ3n) is 2.87. The van der Waals surface area contributed by atoms with Gasteiger partial charge in [0.05, 0.1) is 6.54 Å². The Kier molecular flexibility index (Phi) is 5.36. The maximum Gasteiger partial charge on any atom is 0.254 e. The zero-order valence-electron chi connectivity index (χ0n) is 11.7. The maximum absolute atomic E-state index is 12.4. The molecule has 0 aliphatic heterocycles. The number of hydrogen-bond acceptors (Lipinski definition) is 3. The second-order valence-corrected chi connectivity index (χ2v) is 4.35. The molecule has 5 heteroatoms. The van der Waals surface area contributed by atoms with E-state index in [1.807, 2.05) is 26.8 Å². The van der Waals surface area contributed by atoms with E-state index in [4.69, 9.17) is 5.73 Å². The van der Waals surface area contributed by atoms with Gasteiger partial charge in [-0.1, -0.05) is 6.07 Å². The molecule has 0 heterocycles. The second-order valence-electron chi connectivity index (χ2n) is 4.35. The second kappa shape index (κ2) is 6.78. The molecular weight excluding hydrogens is 242 g/mol. The Morgan fingerprint density at radius 2 is 2.00 bits per heavy atom. The molecule has 0 fully saturated rings. The molecule has 1 rings (SSSR count). The molecular formula is C14H21N3O2. The van der Waals surface area contributed by atoms with Crippen LogP contribution in [0.15, 0.2) is 18.2 Å². The van der Waals surface area contributed by atoms with Crippen molar-refractivity contribution in [3.05, 3.63) is 29.3 Å². The number of benzene rings is 1. The largest absolute Gasteiger partial charge is 0.399 e. The summed E-state index contributed by atoms with van der Waals surface area (Å²) in [7, 11) is 0. The highest BCUT2D eigenvalue weighted by molar-refractivity contribution is 5.98. The van der Waals surface area contributed by atoms with E-state index in [2.05, 4.69) is 5.32 Å². The Hall–Kier alpha value is -2.04. The van der Waals surface area contributed by atoms with Crippen molar-refractivity contribution in [3.63, 3.8) is 0 Å². The van der Waals surface area contributed by atoms with Crippen LogP contribution < -0.4 is 11.1 Å². The molecule has 0 spiro atoms. The summed E-state index contributed by atoms with van der Waals surface area (Å²) in [6.07, 6.45) is 0. The molecule has 0 bridgehead atoms. The van der Waals surface area contributed by atoms with E-state index in [0.29, 0.717) is 24.3 Å². The van der Waals surface area contributed by atoms with Crippen LogP contribution >= 0.6 is 0 Å². The number of nitrogens with two attached hydrogens (primary N) is 1. The van der Waals surface area contributed by atoms with Crippen molar-refractivity contribution in [1.82, 2.24) is 10.2 Å². The summed E-state index contributed by atoms with van der Waals surface area (Å²) in [6, 6.07) is 5.22. The maximum atomic E-state index is 12.4. The van der Waals surface area contributed by atoms with Gasteiger partial charge in [0.2, 0.25) is 5.91 Å². The average Bonchev–Trinajstić information content (AvgIpc) is 2.38. The summed E-state index contributed by atoms with van der Waals surface area (Å²) in [4.78, 5) is 25.5. The van der Waals surface area contributed by atoms with Gasteiger partial charge in [0.15, 0.2) is 0 Å². The molecule has 0 saturated heterocycles. The lowest BCUT2D eigenvalue weighted by molar-refractivity contribution is -0.121. The highest BCUT2D eigenvalue weighted by Crippen LogP contribution is 2.15. The monoisotopic (exact) mass is 263 g/mol. The number of nitrogens with zero attached hydrogens (tertiary/aromatic N) is 1. The first-order valence-corrected chi connectivity index (χ1v) is 6.41. The van der Waals surface area contributed by atoms with Crippen LogP contribution in [0.2, 0.25) is 0 Å². The van der Waals surface area contributed by atoms with Crippen LogP contribution in [0.25, 0.3) is 0 Å². The molecule has 2 amide bonds. The van der Waals surface area contributed by atoms with Gasteiger partial charge in [-0.05, 0) is 38.5 Å². The molecule has 1 aromatic carbocycles. The first kappa shape index (κ1) is 15.0. The lowest BCUT2D eigenvalue weighted by Gasteiger charge is -2.21. The van der Waals surface area contributed by atoms with Crippen LogP contribution in [-0.2, 0) is 4.79 Å². The zero-order chi connectivity index (χ0) is 14.4. The van der Waals surface area contributed by atoms with E-state index in [0.717, 1.165) is 5.56 Å². The van der Waals surface area contributed by atoms with Gasteiger partial charge in [-0.25, -0.2) is 0 Å². The van der Waals surface area contributed by atoms with Crippen LogP contribution in [0, 0.1) is 6.92 Å². The topological polar surface area (TPSA) is 75.4 Å². The molecule has 1 aromatic rings. The predicted molar refractivity (Wildman–Crippen MR) is 75.9 cm³/mol. The van der Waals surface area contributed by atoms with E-state index in [1.165, 1.54) is 4.90 Å². The van der Waals surface area contributed by atoms with Gasteiger partial charge in [0, 0.05) is 24.3 Å². The molecule has 3 N–H and O–H groups in total. The Morgan fingerprint density at radius 3 is 2.58 bits per heavy atom. The average molecular weight is 263 g/mol. The Morgan fingerprint density at radius 1 is 1.32 bits per heavy atom. The van der Waals surface area contributed by atoms with Crippen molar-refractivity contribution < 1.29 is 9.59 Å². The smallest absolute Gasteiger partial charge is 0.254 e. The van der Waals surface area contributed by atoms with Gasteiger partial charge in [0.25, 0.3) is 5.91 Å². The number of likely N-dealkylation sites (N-methyl/N-ethyl adjacent to an activating group) is 2. The fraction of sp³-hybridized carbons (Fsp3) is 0.429. The summed E-state index contributed by atoms with van der Waals surface area (Å²) >= 11 is 0. The summed E-state index contributed by atoms with van der Waals surface area (Å²) < 4.78 is 0. The minimum Gasteiger partial charge on any atom is -0.399 e. The standard InChI is InChI=1S/C14H21N3O2/c1-4-16-13(18)9-17(5-2)14(19)12-8-11(15)7-6-10(12)3/h6-8H,4-5,9,15H2,1-3H3,(H,16,18). The summed E-state index contributed by atoms with van der Waals surface area (Å²) in [5, 5.41) is 2.69. The summed E-state index contributed by atoms with van der Waals surface area (Å²) in [5.74, 6) is -0.321. The number of nitrogens with one attached hydrogen (secondary N) is 1. The number of nitrogen functional groups attached to an aromatic ring is 1.